The van der Waals surface area contributed by atoms with E-state index in [0.29, 0.717) is 18.9 Å². The number of allylic oxidation sites excluding steroid dienone is 5. The zero-order valence-corrected chi connectivity index (χ0v) is 18.0. The van der Waals surface area contributed by atoms with E-state index in [1.54, 1.807) is 0 Å². The molecule has 0 saturated heterocycles. The SMILES string of the molecule is C=C(NCC)C(C)(N)CNCC(C)OC(/C=C\C1=C(C)OBC(C)C1)=C\C. The number of likely N-dealkylation sites (N-methyl/N-ethyl adjacent to an activating group) is 1. The summed E-state index contributed by atoms with van der Waals surface area (Å²) in [4.78, 5) is 0. The molecule has 0 aromatic rings. The second-order valence-electron chi connectivity index (χ2n) is 7.71. The Labute approximate surface area is 166 Å². The summed E-state index contributed by atoms with van der Waals surface area (Å²) >= 11 is 0. The molecule has 1 aliphatic rings. The molecular weight excluding hydrogens is 337 g/mol. The van der Waals surface area contributed by atoms with Gasteiger partial charge in [-0.2, -0.15) is 0 Å². The Bertz CT molecular complexity index is 582. The van der Waals surface area contributed by atoms with Crippen LogP contribution in [0.1, 0.15) is 48.0 Å². The van der Waals surface area contributed by atoms with Gasteiger partial charge in [0.2, 0.25) is 0 Å². The largest absolute Gasteiger partial charge is 0.567 e. The Kier molecular flexibility index (Phi) is 9.74. The highest BCUT2D eigenvalue weighted by molar-refractivity contribution is 6.30. The maximum absolute atomic E-state index is 6.31. The number of ether oxygens (including phenoxy) is 1. The third kappa shape index (κ3) is 8.27. The van der Waals surface area contributed by atoms with Crippen LogP contribution in [0.2, 0.25) is 5.82 Å². The molecule has 27 heavy (non-hydrogen) atoms. The molecular formula is C21H38BN3O2. The summed E-state index contributed by atoms with van der Waals surface area (Å²) in [5.41, 5.74) is 7.89. The molecule has 6 heteroatoms. The van der Waals surface area contributed by atoms with Crippen molar-refractivity contribution in [1.29, 1.82) is 0 Å². The average molecular weight is 375 g/mol. The average Bonchev–Trinajstić information content (AvgIpc) is 2.61. The normalized spacial score (nSPS) is 21.3. The number of hydrogen-bond donors (Lipinski definition) is 3. The first-order valence-corrected chi connectivity index (χ1v) is 9.96. The van der Waals surface area contributed by atoms with Gasteiger partial charge in [-0.25, -0.2) is 0 Å². The molecule has 1 rings (SSSR count). The van der Waals surface area contributed by atoms with E-state index in [1.807, 2.05) is 46.8 Å². The molecule has 0 radical (unpaired) electrons. The number of rotatable bonds is 11. The fraction of sp³-hybridized carbons (Fsp3) is 0.619. The van der Waals surface area contributed by atoms with Crippen molar-refractivity contribution in [3.05, 3.63) is 47.6 Å². The molecule has 3 atom stereocenters. The van der Waals surface area contributed by atoms with Crippen LogP contribution in [0.4, 0.5) is 0 Å². The molecule has 0 spiro atoms. The van der Waals surface area contributed by atoms with Crippen molar-refractivity contribution in [2.24, 2.45) is 5.73 Å². The molecule has 0 aromatic carbocycles. The van der Waals surface area contributed by atoms with E-state index in [2.05, 4.69) is 30.2 Å². The Balaban J connectivity index is 2.49. The topological polar surface area (TPSA) is 68.5 Å². The predicted octanol–water partition coefficient (Wildman–Crippen LogP) is 3.14. The first-order chi connectivity index (χ1) is 12.7. The summed E-state index contributed by atoms with van der Waals surface area (Å²) in [6.07, 6.45) is 7.19. The standard InChI is InChI=1S/C21H38BN3O2/c1-8-20(11-10-19-12-15(3)22-27-17(19)5)26-16(4)13-24-14-21(7,23)18(6)25-9-2/h8,10-11,15-16,22,24-25H,6,9,12-14,23H2,1-5,7H3/b11-10-,20-8-. The van der Waals surface area contributed by atoms with Crippen LogP contribution in [0.15, 0.2) is 47.6 Å². The lowest BCUT2D eigenvalue weighted by Gasteiger charge is -2.29. The first kappa shape index (κ1) is 23.4. The summed E-state index contributed by atoms with van der Waals surface area (Å²) in [6, 6.07) is 0. The van der Waals surface area contributed by atoms with Gasteiger partial charge in [0.1, 0.15) is 11.9 Å². The van der Waals surface area contributed by atoms with E-state index in [4.69, 9.17) is 15.1 Å². The minimum absolute atomic E-state index is 0.0284. The molecule has 0 aliphatic carbocycles. The summed E-state index contributed by atoms with van der Waals surface area (Å²) in [5, 5.41) is 6.58. The zero-order chi connectivity index (χ0) is 20.4. The van der Waals surface area contributed by atoms with Crippen molar-refractivity contribution in [2.45, 2.75) is 65.4 Å². The molecule has 1 aliphatic heterocycles. The van der Waals surface area contributed by atoms with Gasteiger partial charge in [-0.05, 0) is 64.6 Å². The van der Waals surface area contributed by atoms with Crippen molar-refractivity contribution < 1.29 is 9.39 Å². The van der Waals surface area contributed by atoms with Crippen molar-refractivity contribution in [3.63, 3.8) is 0 Å². The molecule has 5 nitrogen and oxygen atoms in total. The Morgan fingerprint density at radius 2 is 2.26 bits per heavy atom. The lowest BCUT2D eigenvalue weighted by atomic mass is 9.75. The van der Waals surface area contributed by atoms with E-state index in [-0.39, 0.29) is 6.10 Å². The molecule has 0 amide bonds. The second-order valence-corrected chi connectivity index (χ2v) is 7.71. The van der Waals surface area contributed by atoms with Gasteiger partial charge in [0.05, 0.1) is 11.3 Å². The van der Waals surface area contributed by atoms with E-state index in [9.17, 15) is 0 Å². The Morgan fingerprint density at radius 3 is 2.89 bits per heavy atom. The fourth-order valence-corrected chi connectivity index (χ4v) is 2.84. The second kappa shape index (κ2) is 11.2. The van der Waals surface area contributed by atoms with Crippen LogP contribution < -0.4 is 16.4 Å². The minimum Gasteiger partial charge on any atom is -0.567 e. The molecule has 4 N–H and O–H groups in total. The molecule has 1 heterocycles. The van der Waals surface area contributed by atoms with Crippen LogP contribution in [0.25, 0.3) is 0 Å². The van der Waals surface area contributed by atoms with Gasteiger partial charge in [0.15, 0.2) is 0 Å². The third-order valence-electron chi connectivity index (χ3n) is 4.68. The number of nitrogens with two attached hydrogens (primary N) is 1. The van der Waals surface area contributed by atoms with E-state index in [0.717, 1.165) is 37.7 Å². The summed E-state index contributed by atoms with van der Waals surface area (Å²) in [7, 11) is 0.805. The quantitative estimate of drug-likeness (QED) is 0.294. The van der Waals surface area contributed by atoms with Crippen LogP contribution in [-0.2, 0) is 9.39 Å². The number of hydrogen-bond acceptors (Lipinski definition) is 5. The molecule has 0 aromatic heterocycles. The summed E-state index contributed by atoms with van der Waals surface area (Å²) in [5.74, 6) is 2.42. The molecule has 0 fully saturated rings. The van der Waals surface area contributed by atoms with Crippen molar-refractivity contribution >= 4 is 7.48 Å². The van der Waals surface area contributed by atoms with E-state index in [1.165, 1.54) is 5.57 Å². The number of nitrogens with one attached hydrogen (secondary N) is 2. The van der Waals surface area contributed by atoms with Gasteiger partial charge < -0.3 is 25.8 Å². The van der Waals surface area contributed by atoms with Crippen LogP contribution in [-0.4, -0.2) is 38.8 Å². The predicted molar refractivity (Wildman–Crippen MR) is 117 cm³/mol. The maximum Gasteiger partial charge on any atom is 0.342 e. The summed E-state index contributed by atoms with van der Waals surface area (Å²) in [6.45, 7) is 18.5. The molecule has 0 bridgehead atoms. The van der Waals surface area contributed by atoms with Gasteiger partial charge in [-0.3, -0.25) is 0 Å². The third-order valence-corrected chi connectivity index (χ3v) is 4.68. The monoisotopic (exact) mass is 375 g/mol. The summed E-state index contributed by atoms with van der Waals surface area (Å²) < 4.78 is 11.8. The molecule has 0 saturated carbocycles. The maximum atomic E-state index is 6.31. The highest BCUT2D eigenvalue weighted by Crippen LogP contribution is 2.26. The zero-order valence-electron chi connectivity index (χ0n) is 18.0. The van der Waals surface area contributed by atoms with Gasteiger partial charge in [-0.15, -0.1) is 0 Å². The van der Waals surface area contributed by atoms with Crippen molar-refractivity contribution in [1.82, 2.24) is 10.6 Å². The fourth-order valence-electron chi connectivity index (χ4n) is 2.84. The van der Waals surface area contributed by atoms with Gasteiger partial charge in [0, 0.05) is 25.3 Å². The molecule has 152 valence electrons. The van der Waals surface area contributed by atoms with Crippen LogP contribution >= 0.6 is 0 Å². The van der Waals surface area contributed by atoms with E-state index < -0.39 is 5.54 Å². The van der Waals surface area contributed by atoms with Gasteiger partial charge >= 0.3 is 7.48 Å². The minimum atomic E-state index is -0.499. The Hall–Kier alpha value is -1.66. The van der Waals surface area contributed by atoms with Gasteiger partial charge in [0.25, 0.3) is 0 Å². The highest BCUT2D eigenvalue weighted by atomic mass is 16.5. The van der Waals surface area contributed by atoms with Crippen LogP contribution in [0.5, 0.6) is 0 Å². The lowest BCUT2D eigenvalue weighted by Crippen LogP contribution is -2.51. The molecule has 3 unspecified atom stereocenters. The van der Waals surface area contributed by atoms with Crippen molar-refractivity contribution in [3.8, 4) is 0 Å². The van der Waals surface area contributed by atoms with Crippen molar-refractivity contribution in [2.75, 3.05) is 19.6 Å². The van der Waals surface area contributed by atoms with Gasteiger partial charge in [-0.1, -0.05) is 19.6 Å². The first-order valence-electron chi connectivity index (χ1n) is 9.96. The smallest absolute Gasteiger partial charge is 0.342 e. The highest BCUT2D eigenvalue weighted by Gasteiger charge is 2.22. The Morgan fingerprint density at radius 1 is 1.56 bits per heavy atom. The van der Waals surface area contributed by atoms with Crippen LogP contribution in [0, 0.1) is 0 Å². The van der Waals surface area contributed by atoms with Crippen LogP contribution in [0.3, 0.4) is 0 Å². The lowest BCUT2D eigenvalue weighted by molar-refractivity contribution is 0.138. The van der Waals surface area contributed by atoms with E-state index >= 15 is 0 Å².